The fourth-order valence-electron chi connectivity index (χ4n) is 2.74. The number of aryl methyl sites for hydroxylation is 1. The van der Waals surface area contributed by atoms with E-state index in [1.165, 1.54) is 0 Å². The minimum atomic E-state index is 0.669. The molecule has 124 valence electrons. The van der Waals surface area contributed by atoms with Crippen molar-refractivity contribution in [1.82, 2.24) is 19.6 Å². The Labute approximate surface area is 150 Å². The highest BCUT2D eigenvalue weighted by molar-refractivity contribution is 6.30. The highest BCUT2D eigenvalue weighted by Gasteiger charge is 2.12. The lowest BCUT2D eigenvalue weighted by molar-refractivity contribution is 0.916. The lowest BCUT2D eigenvalue weighted by Gasteiger charge is -2.10. The van der Waals surface area contributed by atoms with Crippen LogP contribution in [0, 0.1) is 6.92 Å². The summed E-state index contributed by atoms with van der Waals surface area (Å²) in [6, 6.07) is 13.7. The number of anilines is 1. The summed E-state index contributed by atoms with van der Waals surface area (Å²) < 4.78 is 1.83. The van der Waals surface area contributed by atoms with E-state index in [1.807, 2.05) is 66.3 Å². The van der Waals surface area contributed by atoms with Gasteiger partial charge >= 0.3 is 0 Å². The second kappa shape index (κ2) is 6.53. The van der Waals surface area contributed by atoms with E-state index in [1.54, 1.807) is 6.20 Å². The molecule has 0 amide bonds. The Bertz CT molecular complexity index is 1010. The smallest absolute Gasteiger partial charge is 0.165 e. The predicted molar refractivity (Wildman–Crippen MR) is 99.7 cm³/mol. The van der Waals surface area contributed by atoms with E-state index in [0.717, 1.165) is 33.8 Å². The lowest BCUT2D eigenvalue weighted by Crippen LogP contribution is -2.07. The van der Waals surface area contributed by atoms with E-state index >= 15 is 0 Å². The van der Waals surface area contributed by atoms with Gasteiger partial charge in [0.2, 0.25) is 0 Å². The first-order valence-electron chi connectivity index (χ1n) is 7.95. The van der Waals surface area contributed by atoms with Gasteiger partial charge < -0.3 is 5.32 Å². The minimum Gasteiger partial charge on any atom is -0.366 e. The van der Waals surface area contributed by atoms with Crippen molar-refractivity contribution >= 4 is 23.1 Å². The monoisotopic (exact) mass is 349 g/mol. The summed E-state index contributed by atoms with van der Waals surface area (Å²) in [4.78, 5) is 8.81. The third-order valence-corrected chi connectivity index (χ3v) is 4.20. The predicted octanol–water partition coefficient (Wildman–Crippen LogP) is 4.37. The van der Waals surface area contributed by atoms with Gasteiger partial charge in [0.1, 0.15) is 5.82 Å². The Hall–Kier alpha value is -2.92. The molecule has 0 saturated heterocycles. The number of fused-ring (bicyclic) bond motifs is 1. The number of hydrogen-bond donors (Lipinski definition) is 1. The first-order valence-corrected chi connectivity index (χ1v) is 8.32. The molecule has 3 heterocycles. The fourth-order valence-corrected chi connectivity index (χ4v) is 2.86. The molecule has 3 aromatic heterocycles. The first-order chi connectivity index (χ1) is 12.2. The number of benzene rings is 1. The molecule has 1 N–H and O–H groups in total. The van der Waals surface area contributed by atoms with Crippen LogP contribution < -0.4 is 5.32 Å². The van der Waals surface area contributed by atoms with Crippen molar-refractivity contribution in [2.75, 3.05) is 5.32 Å². The van der Waals surface area contributed by atoms with Crippen LogP contribution in [0.3, 0.4) is 0 Å². The van der Waals surface area contributed by atoms with Gasteiger partial charge in [0.25, 0.3) is 0 Å². The van der Waals surface area contributed by atoms with E-state index < -0.39 is 0 Å². The maximum atomic E-state index is 5.99. The molecule has 0 aliphatic heterocycles. The van der Waals surface area contributed by atoms with E-state index in [-0.39, 0.29) is 0 Å². The van der Waals surface area contributed by atoms with E-state index in [4.69, 9.17) is 11.6 Å². The number of halogens is 1. The number of pyridine rings is 1. The molecule has 0 fully saturated rings. The average Bonchev–Trinajstić information content (AvgIpc) is 3.05. The molecule has 0 atom stereocenters. The fraction of sp³-hybridized carbons (Fsp3) is 0.105. The normalized spacial score (nSPS) is 11.0. The van der Waals surface area contributed by atoms with Gasteiger partial charge in [-0.25, -0.2) is 4.98 Å². The minimum absolute atomic E-state index is 0.669. The highest BCUT2D eigenvalue weighted by Crippen LogP contribution is 2.27. The van der Waals surface area contributed by atoms with Gasteiger partial charge in [-0.1, -0.05) is 29.8 Å². The summed E-state index contributed by atoms with van der Waals surface area (Å²) in [5.74, 6) is 0.895. The molecular formula is C19H16ClN5. The molecule has 4 rings (SSSR count). The third kappa shape index (κ3) is 3.19. The Morgan fingerprint density at radius 3 is 2.72 bits per heavy atom. The molecule has 0 radical (unpaired) electrons. The quantitative estimate of drug-likeness (QED) is 0.594. The van der Waals surface area contributed by atoms with Gasteiger partial charge in [-0.2, -0.15) is 9.61 Å². The van der Waals surface area contributed by atoms with Crippen LogP contribution in [0.15, 0.2) is 61.1 Å². The zero-order valence-electron chi connectivity index (χ0n) is 13.6. The maximum absolute atomic E-state index is 5.99. The summed E-state index contributed by atoms with van der Waals surface area (Å²) in [6.45, 7) is 2.65. The summed E-state index contributed by atoms with van der Waals surface area (Å²) in [7, 11) is 0. The molecular weight excluding hydrogens is 334 g/mol. The van der Waals surface area contributed by atoms with Crippen molar-refractivity contribution in [1.29, 1.82) is 0 Å². The molecule has 1 aromatic carbocycles. The van der Waals surface area contributed by atoms with Crippen molar-refractivity contribution in [2.45, 2.75) is 13.5 Å². The van der Waals surface area contributed by atoms with Crippen molar-refractivity contribution in [3.63, 3.8) is 0 Å². The van der Waals surface area contributed by atoms with Crippen LogP contribution in [0.1, 0.15) is 11.3 Å². The van der Waals surface area contributed by atoms with Gasteiger partial charge in [0, 0.05) is 41.3 Å². The summed E-state index contributed by atoms with van der Waals surface area (Å²) in [5.41, 5.74) is 4.86. The van der Waals surface area contributed by atoms with Crippen molar-refractivity contribution in [3.05, 3.63) is 77.3 Å². The Kier molecular flexibility index (Phi) is 4.07. The SMILES string of the molecule is Cc1cc(NCc2cccnc2)n2ncc(-c3ccc(Cl)cc3)c2n1. The van der Waals surface area contributed by atoms with Crippen LogP contribution in [0.5, 0.6) is 0 Å². The zero-order chi connectivity index (χ0) is 17.2. The topological polar surface area (TPSA) is 55.1 Å². The number of hydrogen-bond acceptors (Lipinski definition) is 4. The van der Waals surface area contributed by atoms with Crippen LogP contribution in [0.4, 0.5) is 5.82 Å². The largest absolute Gasteiger partial charge is 0.366 e. The van der Waals surface area contributed by atoms with Gasteiger partial charge in [-0.05, 0) is 36.2 Å². The number of aromatic nitrogens is 4. The van der Waals surface area contributed by atoms with Crippen molar-refractivity contribution in [3.8, 4) is 11.1 Å². The average molecular weight is 350 g/mol. The van der Waals surface area contributed by atoms with Crippen LogP contribution in [0.2, 0.25) is 5.02 Å². The second-order valence-electron chi connectivity index (χ2n) is 5.80. The molecule has 0 unspecified atom stereocenters. The van der Waals surface area contributed by atoms with E-state index in [2.05, 4.69) is 20.4 Å². The van der Waals surface area contributed by atoms with Crippen LogP contribution in [0.25, 0.3) is 16.8 Å². The Balaban J connectivity index is 1.72. The molecule has 0 saturated carbocycles. The number of nitrogens with one attached hydrogen (secondary N) is 1. The van der Waals surface area contributed by atoms with Crippen LogP contribution in [-0.2, 0) is 6.54 Å². The summed E-state index contributed by atoms with van der Waals surface area (Å²) in [5, 5.41) is 8.64. The molecule has 5 nitrogen and oxygen atoms in total. The van der Waals surface area contributed by atoms with Crippen LogP contribution in [-0.4, -0.2) is 19.6 Å². The van der Waals surface area contributed by atoms with Gasteiger partial charge in [-0.3, -0.25) is 4.98 Å². The van der Waals surface area contributed by atoms with Crippen molar-refractivity contribution < 1.29 is 0 Å². The molecule has 0 spiro atoms. The molecule has 0 aliphatic carbocycles. The number of nitrogens with zero attached hydrogens (tertiary/aromatic N) is 4. The van der Waals surface area contributed by atoms with Gasteiger partial charge in [0.05, 0.1) is 6.20 Å². The Morgan fingerprint density at radius 1 is 1.12 bits per heavy atom. The molecule has 6 heteroatoms. The van der Waals surface area contributed by atoms with E-state index in [9.17, 15) is 0 Å². The van der Waals surface area contributed by atoms with Crippen LogP contribution >= 0.6 is 11.6 Å². The standard InChI is InChI=1S/C19H16ClN5/c1-13-9-18(22-11-14-3-2-8-21-10-14)25-19(24-13)17(12-23-25)15-4-6-16(20)7-5-15/h2-10,12,22H,11H2,1H3. The summed E-state index contributed by atoms with van der Waals surface area (Å²) in [6.07, 6.45) is 5.45. The van der Waals surface area contributed by atoms with Gasteiger partial charge in [0.15, 0.2) is 5.65 Å². The van der Waals surface area contributed by atoms with Crippen molar-refractivity contribution in [2.24, 2.45) is 0 Å². The Morgan fingerprint density at radius 2 is 1.96 bits per heavy atom. The highest BCUT2D eigenvalue weighted by atomic mass is 35.5. The molecule has 25 heavy (non-hydrogen) atoms. The zero-order valence-corrected chi connectivity index (χ0v) is 14.4. The van der Waals surface area contributed by atoms with Gasteiger partial charge in [-0.15, -0.1) is 0 Å². The first kappa shape index (κ1) is 15.6. The third-order valence-electron chi connectivity index (χ3n) is 3.95. The van der Waals surface area contributed by atoms with E-state index in [0.29, 0.717) is 11.6 Å². The molecule has 0 aliphatic rings. The second-order valence-corrected chi connectivity index (χ2v) is 6.23. The molecule has 0 bridgehead atoms. The lowest BCUT2D eigenvalue weighted by atomic mass is 10.1. The number of rotatable bonds is 4. The summed E-state index contributed by atoms with van der Waals surface area (Å²) >= 11 is 5.99. The maximum Gasteiger partial charge on any atom is 0.165 e. The molecule has 4 aromatic rings.